The zero-order chi connectivity index (χ0) is 8.48. The second-order valence-electron chi connectivity index (χ2n) is 3.70. The van der Waals surface area contributed by atoms with Crippen LogP contribution in [0.2, 0.25) is 19.6 Å². The first-order chi connectivity index (χ1) is 4.97. The molecule has 0 amide bonds. The molecule has 0 N–H and O–H groups in total. The van der Waals surface area contributed by atoms with Gasteiger partial charge >= 0.3 is 5.97 Å². The first kappa shape index (κ1) is 8.34. The summed E-state index contributed by atoms with van der Waals surface area (Å²) in [6.45, 7) is 6.50. The maximum Gasteiger partial charge on any atom is 0.311 e. The predicted molar refractivity (Wildman–Crippen MR) is 45.6 cm³/mol. The lowest BCUT2D eigenvalue weighted by molar-refractivity contribution is -0.163. The third-order valence-corrected chi connectivity index (χ3v) is 2.13. The van der Waals surface area contributed by atoms with E-state index in [1.807, 2.05) is 0 Å². The number of ether oxygens (including phenoxy) is 1. The van der Waals surface area contributed by atoms with E-state index in [0.717, 1.165) is 0 Å². The SMILES string of the molecule is C[Si](C)(C)C#C[C@@H]1CC(=O)O1. The average molecular weight is 168 g/mol. The van der Waals surface area contributed by atoms with Crippen LogP contribution in [0.5, 0.6) is 0 Å². The third-order valence-electron chi connectivity index (χ3n) is 1.23. The standard InChI is InChI=1S/C8H12O2Si/c1-11(2,3)5-4-7-6-8(9)10-7/h7H,6H2,1-3H3/t7-/m1/s1. The molecule has 0 saturated carbocycles. The lowest BCUT2D eigenvalue weighted by atomic mass is 10.2. The van der Waals surface area contributed by atoms with Crippen molar-refractivity contribution in [2.75, 3.05) is 0 Å². The summed E-state index contributed by atoms with van der Waals surface area (Å²) >= 11 is 0. The highest BCUT2D eigenvalue weighted by molar-refractivity contribution is 6.83. The lowest BCUT2D eigenvalue weighted by Gasteiger charge is -2.20. The van der Waals surface area contributed by atoms with E-state index in [1.165, 1.54) is 0 Å². The summed E-state index contributed by atoms with van der Waals surface area (Å²) in [6, 6.07) is 0. The Labute approximate surface area is 67.9 Å². The van der Waals surface area contributed by atoms with Gasteiger partial charge in [0.1, 0.15) is 8.07 Å². The van der Waals surface area contributed by atoms with Gasteiger partial charge in [-0.25, -0.2) is 0 Å². The molecule has 0 spiro atoms. The maximum atomic E-state index is 10.4. The van der Waals surface area contributed by atoms with E-state index in [9.17, 15) is 4.79 Å². The van der Waals surface area contributed by atoms with Crippen LogP contribution in [0.3, 0.4) is 0 Å². The first-order valence-corrected chi connectivity index (χ1v) is 7.19. The van der Waals surface area contributed by atoms with Crippen LogP contribution in [0.1, 0.15) is 6.42 Å². The van der Waals surface area contributed by atoms with Crippen LogP contribution in [0.15, 0.2) is 0 Å². The fourth-order valence-corrected chi connectivity index (χ4v) is 1.27. The molecule has 11 heavy (non-hydrogen) atoms. The van der Waals surface area contributed by atoms with Crippen molar-refractivity contribution in [1.29, 1.82) is 0 Å². The molecule has 1 aliphatic rings. The van der Waals surface area contributed by atoms with Crippen molar-refractivity contribution in [2.24, 2.45) is 0 Å². The molecule has 3 heteroatoms. The maximum absolute atomic E-state index is 10.4. The van der Waals surface area contributed by atoms with E-state index in [-0.39, 0.29) is 12.1 Å². The minimum atomic E-state index is -1.28. The highest BCUT2D eigenvalue weighted by Gasteiger charge is 2.26. The smallest absolute Gasteiger partial charge is 0.311 e. The molecule has 1 aliphatic heterocycles. The van der Waals surface area contributed by atoms with E-state index in [2.05, 4.69) is 31.1 Å². The highest BCUT2D eigenvalue weighted by Crippen LogP contribution is 2.11. The molecule has 0 aromatic carbocycles. The van der Waals surface area contributed by atoms with Gasteiger partial charge in [0.25, 0.3) is 0 Å². The molecule has 1 atom stereocenters. The minimum absolute atomic E-state index is 0.103. The van der Waals surface area contributed by atoms with Crippen molar-refractivity contribution in [3.63, 3.8) is 0 Å². The van der Waals surface area contributed by atoms with Crippen LogP contribution in [-0.4, -0.2) is 20.1 Å². The molecular weight excluding hydrogens is 156 g/mol. The van der Waals surface area contributed by atoms with E-state index < -0.39 is 8.07 Å². The van der Waals surface area contributed by atoms with Crippen molar-refractivity contribution in [3.05, 3.63) is 0 Å². The predicted octanol–water partition coefficient (Wildman–Crippen LogP) is 1.18. The zero-order valence-corrected chi connectivity index (χ0v) is 8.10. The van der Waals surface area contributed by atoms with E-state index in [0.29, 0.717) is 6.42 Å². The number of carbonyl (C=O) groups excluding carboxylic acids is 1. The molecule has 0 aromatic rings. The third kappa shape index (κ3) is 2.77. The molecule has 1 heterocycles. The van der Waals surface area contributed by atoms with Crippen LogP contribution in [0.4, 0.5) is 0 Å². The summed E-state index contributed by atoms with van der Waals surface area (Å²) in [5, 5.41) is 0. The Morgan fingerprint density at radius 1 is 1.55 bits per heavy atom. The van der Waals surface area contributed by atoms with Gasteiger partial charge in [-0.05, 0) is 0 Å². The first-order valence-electron chi connectivity index (χ1n) is 3.69. The molecule has 1 fully saturated rings. The molecule has 1 rings (SSSR count). The van der Waals surface area contributed by atoms with Crippen LogP contribution in [-0.2, 0) is 9.53 Å². The highest BCUT2D eigenvalue weighted by atomic mass is 28.3. The topological polar surface area (TPSA) is 26.3 Å². The van der Waals surface area contributed by atoms with Gasteiger partial charge in [0.2, 0.25) is 0 Å². The Morgan fingerprint density at radius 3 is 2.45 bits per heavy atom. The van der Waals surface area contributed by atoms with Gasteiger partial charge in [0, 0.05) is 0 Å². The van der Waals surface area contributed by atoms with E-state index in [4.69, 9.17) is 4.74 Å². The minimum Gasteiger partial charge on any atom is -0.448 e. The molecule has 1 saturated heterocycles. The number of esters is 1. The Balaban J connectivity index is 2.40. The Bertz CT molecular complexity index is 221. The summed E-state index contributed by atoms with van der Waals surface area (Å²) in [4.78, 5) is 10.4. The second-order valence-corrected chi connectivity index (χ2v) is 8.45. The summed E-state index contributed by atoms with van der Waals surface area (Å²) in [7, 11) is -1.28. The van der Waals surface area contributed by atoms with Crippen LogP contribution >= 0.6 is 0 Å². The number of hydrogen-bond donors (Lipinski definition) is 0. The van der Waals surface area contributed by atoms with Crippen LogP contribution < -0.4 is 0 Å². The summed E-state index contributed by atoms with van der Waals surface area (Å²) in [6.07, 6.45) is 0.381. The quantitative estimate of drug-likeness (QED) is 0.308. The fraction of sp³-hybridized carbons (Fsp3) is 0.625. The largest absolute Gasteiger partial charge is 0.448 e. The Hall–Kier alpha value is -0.753. The fourth-order valence-electron chi connectivity index (χ4n) is 0.678. The van der Waals surface area contributed by atoms with Gasteiger partial charge in [-0.15, -0.1) is 5.54 Å². The van der Waals surface area contributed by atoms with Gasteiger partial charge < -0.3 is 4.74 Å². The lowest BCUT2D eigenvalue weighted by Crippen LogP contribution is -2.32. The van der Waals surface area contributed by atoms with Gasteiger partial charge in [-0.3, -0.25) is 4.79 Å². The summed E-state index contributed by atoms with van der Waals surface area (Å²) in [5.74, 6) is 2.83. The number of rotatable bonds is 0. The van der Waals surface area contributed by atoms with Crippen molar-refractivity contribution in [3.8, 4) is 11.5 Å². The zero-order valence-electron chi connectivity index (χ0n) is 7.10. The van der Waals surface area contributed by atoms with E-state index in [1.54, 1.807) is 0 Å². The Kier molecular flexibility index (Phi) is 2.05. The molecule has 60 valence electrons. The van der Waals surface area contributed by atoms with Crippen molar-refractivity contribution >= 4 is 14.0 Å². The number of hydrogen-bond acceptors (Lipinski definition) is 2. The van der Waals surface area contributed by atoms with Crippen LogP contribution in [0, 0.1) is 11.5 Å². The molecule has 0 radical (unpaired) electrons. The molecule has 0 bridgehead atoms. The molecule has 0 aliphatic carbocycles. The summed E-state index contributed by atoms with van der Waals surface area (Å²) in [5.41, 5.74) is 3.16. The van der Waals surface area contributed by atoms with E-state index >= 15 is 0 Å². The van der Waals surface area contributed by atoms with Crippen molar-refractivity contribution < 1.29 is 9.53 Å². The monoisotopic (exact) mass is 168 g/mol. The van der Waals surface area contributed by atoms with Gasteiger partial charge in [0.15, 0.2) is 6.10 Å². The van der Waals surface area contributed by atoms with Gasteiger partial charge in [-0.2, -0.15) is 0 Å². The van der Waals surface area contributed by atoms with Crippen LogP contribution in [0.25, 0.3) is 0 Å². The molecular formula is C8H12O2Si. The van der Waals surface area contributed by atoms with Crippen molar-refractivity contribution in [1.82, 2.24) is 0 Å². The summed E-state index contributed by atoms with van der Waals surface area (Å²) < 4.78 is 4.74. The van der Waals surface area contributed by atoms with Gasteiger partial charge in [0.05, 0.1) is 6.42 Å². The molecule has 0 aromatic heterocycles. The normalized spacial score (nSPS) is 22.8. The second kappa shape index (κ2) is 2.71. The number of carbonyl (C=O) groups is 1. The molecule has 2 nitrogen and oxygen atoms in total. The van der Waals surface area contributed by atoms with Gasteiger partial charge in [-0.1, -0.05) is 25.6 Å². The Morgan fingerprint density at radius 2 is 2.09 bits per heavy atom. The van der Waals surface area contributed by atoms with Crippen molar-refractivity contribution in [2.45, 2.75) is 32.2 Å². The molecule has 0 unspecified atom stereocenters. The number of cyclic esters (lactones) is 1. The average Bonchev–Trinajstić information content (AvgIpc) is 1.75.